The minimum absolute atomic E-state index is 0.0335. The standard InChI is InChI=1S/C19H16F2N2O4/c1-27-19(26)11-2-5-14(6-3-11)22-17(24)13-9-23(10-13)18(25)12-4-7-15(20)16(21)8-12/h2-8,13H,9-10H2,1H3,(H,22,24). The molecule has 1 fully saturated rings. The summed E-state index contributed by atoms with van der Waals surface area (Å²) >= 11 is 0. The minimum atomic E-state index is -1.09. The Kier molecular flexibility index (Phi) is 5.16. The molecular weight excluding hydrogens is 358 g/mol. The Morgan fingerprint density at radius 2 is 1.63 bits per heavy atom. The fraction of sp³-hybridized carbons (Fsp3) is 0.211. The summed E-state index contributed by atoms with van der Waals surface area (Å²) in [6.07, 6.45) is 0. The highest BCUT2D eigenvalue weighted by molar-refractivity contribution is 5.98. The van der Waals surface area contributed by atoms with Gasteiger partial charge in [0.2, 0.25) is 5.91 Å². The minimum Gasteiger partial charge on any atom is -0.465 e. The summed E-state index contributed by atoms with van der Waals surface area (Å²) in [5, 5.41) is 2.71. The summed E-state index contributed by atoms with van der Waals surface area (Å²) in [6.45, 7) is 0.369. The van der Waals surface area contributed by atoms with Gasteiger partial charge in [-0.3, -0.25) is 9.59 Å². The SMILES string of the molecule is COC(=O)c1ccc(NC(=O)C2CN(C(=O)c3ccc(F)c(F)c3)C2)cc1. The Morgan fingerprint density at radius 3 is 2.22 bits per heavy atom. The number of rotatable bonds is 4. The van der Waals surface area contributed by atoms with Crippen molar-refractivity contribution in [3.8, 4) is 0 Å². The average molecular weight is 374 g/mol. The van der Waals surface area contributed by atoms with Crippen molar-refractivity contribution in [2.24, 2.45) is 5.92 Å². The van der Waals surface area contributed by atoms with Crippen LogP contribution in [0.4, 0.5) is 14.5 Å². The van der Waals surface area contributed by atoms with Crippen LogP contribution >= 0.6 is 0 Å². The molecule has 0 atom stereocenters. The molecule has 0 saturated carbocycles. The summed E-state index contributed by atoms with van der Waals surface area (Å²) in [5.74, 6) is -3.72. The lowest BCUT2D eigenvalue weighted by atomic mass is 9.97. The van der Waals surface area contributed by atoms with E-state index in [1.54, 1.807) is 12.1 Å². The van der Waals surface area contributed by atoms with Gasteiger partial charge < -0.3 is 15.0 Å². The number of ether oxygens (including phenoxy) is 1. The van der Waals surface area contributed by atoms with Crippen molar-refractivity contribution in [3.05, 3.63) is 65.2 Å². The predicted octanol–water partition coefficient (Wildman–Crippen LogP) is 2.46. The van der Waals surface area contributed by atoms with E-state index < -0.39 is 29.4 Å². The number of carbonyl (C=O) groups is 3. The second kappa shape index (κ2) is 7.53. The molecule has 2 aromatic rings. The van der Waals surface area contributed by atoms with Crippen LogP contribution < -0.4 is 5.32 Å². The monoisotopic (exact) mass is 374 g/mol. The highest BCUT2D eigenvalue weighted by atomic mass is 19.2. The van der Waals surface area contributed by atoms with E-state index in [2.05, 4.69) is 10.1 Å². The van der Waals surface area contributed by atoms with Crippen LogP contribution in [0.25, 0.3) is 0 Å². The number of benzene rings is 2. The van der Waals surface area contributed by atoms with E-state index in [-0.39, 0.29) is 24.6 Å². The van der Waals surface area contributed by atoms with Gasteiger partial charge in [0, 0.05) is 24.3 Å². The third-order valence-electron chi connectivity index (χ3n) is 4.28. The summed E-state index contributed by atoms with van der Waals surface area (Å²) in [4.78, 5) is 37.2. The van der Waals surface area contributed by atoms with E-state index in [1.807, 2.05) is 0 Å². The number of anilines is 1. The molecule has 1 aliphatic rings. The number of nitrogens with zero attached hydrogens (tertiary/aromatic N) is 1. The smallest absolute Gasteiger partial charge is 0.337 e. The molecule has 0 radical (unpaired) electrons. The van der Waals surface area contributed by atoms with E-state index >= 15 is 0 Å². The van der Waals surface area contributed by atoms with Gasteiger partial charge in [-0.15, -0.1) is 0 Å². The summed E-state index contributed by atoms with van der Waals surface area (Å²) in [7, 11) is 1.28. The van der Waals surface area contributed by atoms with Crippen LogP contribution in [0.15, 0.2) is 42.5 Å². The fourth-order valence-corrected chi connectivity index (χ4v) is 2.67. The molecule has 2 amide bonds. The van der Waals surface area contributed by atoms with Gasteiger partial charge in [0.15, 0.2) is 11.6 Å². The largest absolute Gasteiger partial charge is 0.465 e. The fourth-order valence-electron chi connectivity index (χ4n) is 2.67. The molecule has 0 bridgehead atoms. The van der Waals surface area contributed by atoms with Gasteiger partial charge >= 0.3 is 5.97 Å². The molecule has 6 nitrogen and oxygen atoms in total. The van der Waals surface area contributed by atoms with Crippen LogP contribution in [0.3, 0.4) is 0 Å². The quantitative estimate of drug-likeness (QED) is 0.835. The number of likely N-dealkylation sites (tertiary alicyclic amines) is 1. The highest BCUT2D eigenvalue weighted by Gasteiger charge is 2.36. The van der Waals surface area contributed by atoms with Crippen molar-refractivity contribution in [3.63, 3.8) is 0 Å². The topological polar surface area (TPSA) is 75.7 Å². The molecule has 140 valence electrons. The van der Waals surface area contributed by atoms with Crippen molar-refractivity contribution in [2.45, 2.75) is 0 Å². The first kappa shape index (κ1) is 18.5. The van der Waals surface area contributed by atoms with Crippen LogP contribution in [-0.4, -0.2) is 42.9 Å². The summed E-state index contributed by atoms with van der Waals surface area (Å²) < 4.78 is 30.8. The Labute approximate surface area is 153 Å². The lowest BCUT2D eigenvalue weighted by Crippen LogP contribution is -2.54. The Bertz CT molecular complexity index is 893. The number of hydrogen-bond donors (Lipinski definition) is 1. The van der Waals surface area contributed by atoms with Crippen LogP contribution in [0.1, 0.15) is 20.7 Å². The van der Waals surface area contributed by atoms with Crippen molar-refractivity contribution in [2.75, 3.05) is 25.5 Å². The average Bonchev–Trinajstić information content (AvgIpc) is 2.62. The van der Waals surface area contributed by atoms with Gasteiger partial charge in [-0.05, 0) is 42.5 Å². The molecule has 8 heteroatoms. The first-order valence-corrected chi connectivity index (χ1v) is 8.12. The first-order valence-electron chi connectivity index (χ1n) is 8.12. The number of amides is 2. The van der Waals surface area contributed by atoms with Gasteiger partial charge in [0.25, 0.3) is 5.91 Å². The van der Waals surface area contributed by atoms with Gasteiger partial charge in [-0.1, -0.05) is 0 Å². The molecule has 0 unspecified atom stereocenters. The molecule has 0 spiro atoms. The molecule has 0 aliphatic carbocycles. The van der Waals surface area contributed by atoms with Crippen LogP contribution in [0, 0.1) is 17.6 Å². The maximum Gasteiger partial charge on any atom is 0.337 e. The van der Waals surface area contributed by atoms with E-state index in [0.717, 1.165) is 12.1 Å². The number of esters is 1. The summed E-state index contributed by atoms with van der Waals surface area (Å²) in [5.41, 5.74) is 0.909. The molecule has 1 N–H and O–H groups in total. The molecule has 1 aliphatic heterocycles. The Hall–Kier alpha value is -3.29. The number of halogens is 2. The van der Waals surface area contributed by atoms with E-state index in [1.165, 1.54) is 30.2 Å². The molecular formula is C19H16F2N2O4. The van der Waals surface area contributed by atoms with Crippen molar-refractivity contribution in [1.29, 1.82) is 0 Å². The lowest BCUT2D eigenvalue weighted by Gasteiger charge is -2.38. The maximum absolute atomic E-state index is 13.2. The zero-order valence-corrected chi connectivity index (χ0v) is 14.4. The Morgan fingerprint density at radius 1 is 1.00 bits per heavy atom. The number of nitrogens with one attached hydrogen (secondary N) is 1. The van der Waals surface area contributed by atoms with Crippen LogP contribution in [0.5, 0.6) is 0 Å². The van der Waals surface area contributed by atoms with Crippen molar-refractivity contribution >= 4 is 23.5 Å². The Balaban J connectivity index is 1.54. The van der Waals surface area contributed by atoms with Crippen LogP contribution in [0.2, 0.25) is 0 Å². The van der Waals surface area contributed by atoms with Gasteiger partial charge in [-0.25, -0.2) is 13.6 Å². The number of hydrogen-bond acceptors (Lipinski definition) is 4. The van der Waals surface area contributed by atoms with Gasteiger partial charge in [0.05, 0.1) is 18.6 Å². The molecule has 27 heavy (non-hydrogen) atoms. The molecule has 1 saturated heterocycles. The van der Waals surface area contributed by atoms with Gasteiger partial charge in [-0.2, -0.15) is 0 Å². The third-order valence-corrected chi connectivity index (χ3v) is 4.28. The predicted molar refractivity (Wildman–Crippen MR) is 92.2 cm³/mol. The van der Waals surface area contributed by atoms with Crippen molar-refractivity contribution in [1.82, 2.24) is 4.90 Å². The van der Waals surface area contributed by atoms with Crippen molar-refractivity contribution < 1.29 is 27.9 Å². The second-order valence-corrected chi connectivity index (χ2v) is 6.09. The molecule has 1 heterocycles. The zero-order chi connectivity index (χ0) is 19.6. The summed E-state index contributed by atoms with van der Waals surface area (Å²) in [6, 6.07) is 9.15. The zero-order valence-electron chi connectivity index (χ0n) is 14.4. The van der Waals surface area contributed by atoms with Gasteiger partial charge in [0.1, 0.15) is 0 Å². The third kappa shape index (κ3) is 3.94. The second-order valence-electron chi connectivity index (χ2n) is 6.09. The molecule has 2 aromatic carbocycles. The first-order chi connectivity index (χ1) is 12.9. The van der Waals surface area contributed by atoms with E-state index in [4.69, 9.17) is 0 Å². The number of methoxy groups -OCH3 is 1. The molecule has 0 aromatic heterocycles. The maximum atomic E-state index is 13.2. The van der Waals surface area contributed by atoms with E-state index in [9.17, 15) is 23.2 Å². The lowest BCUT2D eigenvalue weighted by molar-refractivity contribution is -0.123. The van der Waals surface area contributed by atoms with Crippen LogP contribution in [-0.2, 0) is 9.53 Å². The highest BCUT2D eigenvalue weighted by Crippen LogP contribution is 2.22. The number of carbonyl (C=O) groups excluding carboxylic acids is 3. The van der Waals surface area contributed by atoms with E-state index in [0.29, 0.717) is 11.3 Å². The molecule has 3 rings (SSSR count). The normalized spacial score (nSPS) is 13.7.